The first kappa shape index (κ1) is 11.4. The molecule has 0 amide bonds. The van der Waals surface area contributed by atoms with Crippen molar-refractivity contribution in [2.75, 3.05) is 0 Å². The number of rotatable bonds is 3. The van der Waals surface area contributed by atoms with Crippen molar-refractivity contribution in [3.8, 4) is 0 Å². The summed E-state index contributed by atoms with van der Waals surface area (Å²) in [6, 6.07) is 2.82. The van der Waals surface area contributed by atoms with Gasteiger partial charge in [-0.3, -0.25) is 4.57 Å². The third-order valence-corrected chi connectivity index (χ3v) is 2.66. The zero-order chi connectivity index (χ0) is 12.6. The van der Waals surface area contributed by atoms with Crippen LogP contribution in [0, 0.1) is 5.82 Å². The molecule has 0 spiro atoms. The van der Waals surface area contributed by atoms with E-state index in [1.165, 1.54) is 18.2 Å². The predicted molar refractivity (Wildman–Crippen MR) is 59.5 cm³/mol. The Balaban J connectivity index is 2.72. The highest BCUT2D eigenvalue weighted by atomic mass is 19.1. The summed E-state index contributed by atoms with van der Waals surface area (Å²) in [5.41, 5.74) is 0.153. The summed E-state index contributed by atoms with van der Waals surface area (Å²) in [4.78, 5) is 25.2. The predicted octanol–water partition coefficient (Wildman–Crippen LogP) is 1.50. The molecule has 2 rings (SSSR count). The number of aromatic nitrogens is 2. The minimum atomic E-state index is -1.08. The van der Waals surface area contributed by atoms with E-state index in [0.717, 1.165) is 4.57 Å². The van der Waals surface area contributed by atoms with E-state index < -0.39 is 23.5 Å². The van der Waals surface area contributed by atoms with Gasteiger partial charge in [-0.15, -0.1) is 0 Å². The van der Waals surface area contributed by atoms with E-state index in [4.69, 9.17) is 5.11 Å². The fraction of sp³-hybridized carbons (Fsp3) is 0.273. The third kappa shape index (κ3) is 1.82. The molecule has 0 aliphatic carbocycles. The Hall–Kier alpha value is -2.11. The van der Waals surface area contributed by atoms with Crippen LogP contribution in [0.25, 0.3) is 11.0 Å². The van der Waals surface area contributed by atoms with Crippen molar-refractivity contribution in [3.05, 3.63) is 34.5 Å². The second-order valence-corrected chi connectivity index (χ2v) is 3.72. The van der Waals surface area contributed by atoms with Crippen LogP contribution in [0.4, 0.5) is 4.39 Å². The lowest BCUT2D eigenvalue weighted by molar-refractivity contribution is -0.140. The zero-order valence-electron chi connectivity index (χ0n) is 9.11. The summed E-state index contributed by atoms with van der Waals surface area (Å²) in [6.07, 6.45) is 0.277. The summed E-state index contributed by atoms with van der Waals surface area (Å²) < 4.78 is 14.1. The molecule has 2 N–H and O–H groups in total. The number of hydrogen-bond donors (Lipinski definition) is 2. The first-order chi connectivity index (χ1) is 8.04. The second-order valence-electron chi connectivity index (χ2n) is 3.72. The Morgan fingerprint density at radius 3 is 2.88 bits per heavy atom. The van der Waals surface area contributed by atoms with Crippen LogP contribution < -0.4 is 5.69 Å². The van der Waals surface area contributed by atoms with E-state index in [9.17, 15) is 14.0 Å². The van der Waals surface area contributed by atoms with Crippen molar-refractivity contribution in [2.24, 2.45) is 0 Å². The normalized spacial score (nSPS) is 12.8. The largest absolute Gasteiger partial charge is 0.480 e. The standard InChI is InChI=1S/C11H11FN2O3/c1-2-8(10(15)16)14-9-4-3-6(12)5-7(9)13-11(14)17/h3-5,8H,2H2,1H3,(H,13,17)(H,15,16). The molecule has 0 bridgehead atoms. The molecule has 1 aromatic heterocycles. The van der Waals surface area contributed by atoms with E-state index in [1.807, 2.05) is 0 Å². The number of fused-ring (bicyclic) bond motifs is 1. The van der Waals surface area contributed by atoms with Crippen LogP contribution in [0.15, 0.2) is 23.0 Å². The highest BCUT2D eigenvalue weighted by molar-refractivity contribution is 5.79. The van der Waals surface area contributed by atoms with Crippen molar-refractivity contribution < 1.29 is 14.3 Å². The van der Waals surface area contributed by atoms with Crippen LogP contribution in [-0.2, 0) is 4.79 Å². The maximum atomic E-state index is 13.0. The molecule has 0 aliphatic rings. The molecule has 0 saturated carbocycles. The summed E-state index contributed by atoms with van der Waals surface area (Å²) in [5.74, 6) is -1.56. The fourth-order valence-electron chi connectivity index (χ4n) is 1.88. The minimum absolute atomic E-state index is 0.277. The van der Waals surface area contributed by atoms with E-state index in [-0.39, 0.29) is 6.42 Å². The number of aliphatic carboxylic acids is 1. The molecular weight excluding hydrogens is 227 g/mol. The Kier molecular flexibility index (Phi) is 2.71. The van der Waals surface area contributed by atoms with E-state index in [2.05, 4.69) is 4.98 Å². The Bertz CT molecular complexity index is 629. The van der Waals surface area contributed by atoms with Crippen molar-refractivity contribution in [1.82, 2.24) is 9.55 Å². The van der Waals surface area contributed by atoms with Crippen molar-refractivity contribution in [1.29, 1.82) is 0 Å². The van der Waals surface area contributed by atoms with Gasteiger partial charge in [-0.25, -0.2) is 14.0 Å². The number of nitrogens with one attached hydrogen (secondary N) is 1. The van der Waals surface area contributed by atoms with Crippen molar-refractivity contribution in [3.63, 3.8) is 0 Å². The molecule has 2 aromatic rings. The fourth-order valence-corrected chi connectivity index (χ4v) is 1.88. The Morgan fingerprint density at radius 2 is 2.29 bits per heavy atom. The van der Waals surface area contributed by atoms with Crippen LogP contribution in [0.5, 0.6) is 0 Å². The van der Waals surface area contributed by atoms with Crippen molar-refractivity contribution >= 4 is 17.0 Å². The average molecular weight is 238 g/mol. The number of hydrogen-bond acceptors (Lipinski definition) is 2. The average Bonchev–Trinajstić information content (AvgIpc) is 2.55. The molecule has 1 atom stereocenters. The smallest absolute Gasteiger partial charge is 0.327 e. The van der Waals surface area contributed by atoms with E-state index >= 15 is 0 Å². The van der Waals surface area contributed by atoms with Gasteiger partial charge in [-0.1, -0.05) is 6.92 Å². The summed E-state index contributed by atoms with van der Waals surface area (Å²) in [7, 11) is 0. The molecule has 90 valence electrons. The molecule has 0 fully saturated rings. The maximum Gasteiger partial charge on any atom is 0.327 e. The molecule has 1 aromatic carbocycles. The van der Waals surface area contributed by atoms with Gasteiger partial charge in [0.15, 0.2) is 0 Å². The van der Waals surface area contributed by atoms with E-state index in [1.54, 1.807) is 6.92 Å². The van der Waals surface area contributed by atoms with Crippen LogP contribution >= 0.6 is 0 Å². The van der Waals surface area contributed by atoms with Gasteiger partial charge in [0.05, 0.1) is 11.0 Å². The lowest BCUT2D eigenvalue weighted by Crippen LogP contribution is -2.27. The second kappa shape index (κ2) is 4.04. The van der Waals surface area contributed by atoms with Crippen LogP contribution in [0.3, 0.4) is 0 Å². The van der Waals surface area contributed by atoms with Gasteiger partial charge in [0, 0.05) is 0 Å². The van der Waals surface area contributed by atoms with Gasteiger partial charge < -0.3 is 10.1 Å². The summed E-state index contributed by atoms with van der Waals surface area (Å²) in [5, 5.41) is 9.04. The number of halogens is 1. The quantitative estimate of drug-likeness (QED) is 0.850. The Morgan fingerprint density at radius 1 is 1.59 bits per heavy atom. The van der Waals surface area contributed by atoms with Gasteiger partial charge in [0.2, 0.25) is 0 Å². The highest BCUT2D eigenvalue weighted by Gasteiger charge is 2.21. The zero-order valence-corrected chi connectivity index (χ0v) is 9.11. The minimum Gasteiger partial charge on any atom is -0.480 e. The van der Waals surface area contributed by atoms with Gasteiger partial charge >= 0.3 is 11.7 Å². The lowest BCUT2D eigenvalue weighted by Gasteiger charge is -2.11. The summed E-state index contributed by atoms with van der Waals surface area (Å²) >= 11 is 0. The SMILES string of the molecule is CCC(C(=O)O)n1c(=O)[nH]c2cc(F)ccc21. The molecule has 0 radical (unpaired) electrons. The van der Waals surface area contributed by atoms with Crippen LogP contribution in [0.2, 0.25) is 0 Å². The van der Waals surface area contributed by atoms with Crippen molar-refractivity contribution in [2.45, 2.75) is 19.4 Å². The number of benzene rings is 1. The maximum absolute atomic E-state index is 13.0. The van der Waals surface area contributed by atoms with Gasteiger partial charge in [-0.2, -0.15) is 0 Å². The number of carboxylic acids is 1. The summed E-state index contributed by atoms with van der Waals surface area (Å²) in [6.45, 7) is 1.67. The van der Waals surface area contributed by atoms with Gasteiger partial charge in [0.1, 0.15) is 11.9 Å². The molecule has 6 heteroatoms. The molecule has 1 heterocycles. The highest BCUT2D eigenvalue weighted by Crippen LogP contribution is 2.18. The van der Waals surface area contributed by atoms with Crippen LogP contribution in [0.1, 0.15) is 19.4 Å². The molecule has 0 aliphatic heterocycles. The monoisotopic (exact) mass is 238 g/mol. The number of carboxylic acid groups (broad SMARTS) is 1. The van der Waals surface area contributed by atoms with Gasteiger partial charge in [0.25, 0.3) is 0 Å². The number of carbonyl (C=O) groups is 1. The first-order valence-electron chi connectivity index (χ1n) is 5.17. The third-order valence-electron chi connectivity index (χ3n) is 2.66. The Labute approximate surface area is 95.5 Å². The number of aromatic amines is 1. The topological polar surface area (TPSA) is 75.1 Å². The molecule has 0 saturated heterocycles. The number of H-pyrrole nitrogens is 1. The molecular formula is C11H11FN2O3. The molecule has 17 heavy (non-hydrogen) atoms. The molecule has 5 nitrogen and oxygen atoms in total. The number of imidazole rings is 1. The first-order valence-corrected chi connectivity index (χ1v) is 5.17. The van der Waals surface area contributed by atoms with Gasteiger partial charge in [-0.05, 0) is 24.6 Å². The lowest BCUT2D eigenvalue weighted by atomic mass is 10.2. The van der Waals surface area contributed by atoms with Crippen LogP contribution in [-0.4, -0.2) is 20.6 Å². The molecule has 1 unspecified atom stereocenters. The number of nitrogens with zero attached hydrogens (tertiary/aromatic N) is 1. The van der Waals surface area contributed by atoms with E-state index in [0.29, 0.717) is 11.0 Å².